The molecule has 2 aromatic rings. The number of carbonyl (C=O) groups is 1. The van der Waals surface area contributed by atoms with Crippen LogP contribution in [0.4, 0.5) is 0 Å². The van der Waals surface area contributed by atoms with Gasteiger partial charge in [0.1, 0.15) is 0 Å². The van der Waals surface area contributed by atoms with E-state index in [1.165, 1.54) is 7.11 Å². The minimum absolute atomic E-state index is 0.190. The van der Waals surface area contributed by atoms with Crippen LogP contribution < -0.4 is 0 Å². The summed E-state index contributed by atoms with van der Waals surface area (Å²) in [5.41, 5.74) is 0.796. The van der Waals surface area contributed by atoms with Crippen molar-refractivity contribution >= 4 is 5.97 Å². The largest absolute Gasteiger partial charge is 0.464 e. The molecular formula is C11H15N5O3. The predicted octanol–water partition coefficient (Wildman–Crippen LogP) is 0.108. The number of aryl methyl sites for hydroxylation is 2. The fourth-order valence-electron chi connectivity index (χ4n) is 1.68. The monoisotopic (exact) mass is 265 g/mol. The molecule has 0 unspecified atom stereocenters. The number of aromatic nitrogens is 5. The minimum Gasteiger partial charge on any atom is -0.464 e. The standard InChI is InChI=1S/C11H15N5O3/c1-18-7-9-10(11(17)19-2)13-14-16(9)6-5-15-4-3-12-8-15/h3-4,8H,5-7H2,1-2H3. The highest BCUT2D eigenvalue weighted by Gasteiger charge is 2.19. The molecule has 2 rings (SSSR count). The third-order valence-corrected chi connectivity index (χ3v) is 2.63. The quantitative estimate of drug-likeness (QED) is 0.689. The Morgan fingerprint density at radius 3 is 2.84 bits per heavy atom. The van der Waals surface area contributed by atoms with Gasteiger partial charge in [0.2, 0.25) is 0 Å². The molecule has 8 nitrogen and oxygen atoms in total. The van der Waals surface area contributed by atoms with Crippen molar-refractivity contribution in [3.63, 3.8) is 0 Å². The van der Waals surface area contributed by atoms with Crippen molar-refractivity contribution in [2.24, 2.45) is 0 Å². The maximum atomic E-state index is 11.5. The molecule has 0 atom stereocenters. The molecule has 0 saturated carbocycles. The van der Waals surface area contributed by atoms with E-state index >= 15 is 0 Å². The molecule has 2 heterocycles. The molecule has 0 amide bonds. The summed E-state index contributed by atoms with van der Waals surface area (Å²) in [5, 5.41) is 7.79. The van der Waals surface area contributed by atoms with Gasteiger partial charge in [-0.05, 0) is 0 Å². The Kier molecular flexibility index (Phi) is 4.24. The zero-order valence-electron chi connectivity index (χ0n) is 10.8. The van der Waals surface area contributed by atoms with E-state index in [9.17, 15) is 4.79 Å². The Hall–Kier alpha value is -2.22. The van der Waals surface area contributed by atoms with Crippen LogP contribution in [0.25, 0.3) is 0 Å². The van der Waals surface area contributed by atoms with Gasteiger partial charge in [0.05, 0.1) is 32.3 Å². The van der Waals surface area contributed by atoms with Crippen LogP contribution in [0.1, 0.15) is 16.2 Å². The molecule has 0 aliphatic rings. The summed E-state index contributed by atoms with van der Waals surface area (Å²) < 4.78 is 13.3. The van der Waals surface area contributed by atoms with E-state index < -0.39 is 5.97 Å². The third kappa shape index (κ3) is 2.97. The molecule has 102 valence electrons. The van der Waals surface area contributed by atoms with E-state index in [-0.39, 0.29) is 12.3 Å². The van der Waals surface area contributed by atoms with Gasteiger partial charge in [-0.15, -0.1) is 5.10 Å². The van der Waals surface area contributed by atoms with Gasteiger partial charge in [-0.1, -0.05) is 5.21 Å². The summed E-state index contributed by atoms with van der Waals surface area (Å²) in [4.78, 5) is 15.5. The number of imidazole rings is 1. The Bertz CT molecular complexity index is 535. The SMILES string of the molecule is COCc1c(C(=O)OC)nnn1CCn1ccnc1. The first-order valence-corrected chi connectivity index (χ1v) is 5.71. The van der Waals surface area contributed by atoms with Crippen LogP contribution in [-0.2, 0) is 29.2 Å². The highest BCUT2D eigenvalue weighted by Crippen LogP contribution is 2.09. The lowest BCUT2D eigenvalue weighted by Gasteiger charge is -2.07. The van der Waals surface area contributed by atoms with Crippen molar-refractivity contribution in [2.75, 3.05) is 14.2 Å². The van der Waals surface area contributed by atoms with Crippen molar-refractivity contribution in [1.29, 1.82) is 0 Å². The fourth-order valence-corrected chi connectivity index (χ4v) is 1.68. The first kappa shape index (κ1) is 13.2. The normalized spacial score (nSPS) is 10.6. The summed E-state index contributed by atoms with van der Waals surface area (Å²) in [7, 11) is 2.86. The summed E-state index contributed by atoms with van der Waals surface area (Å²) in [6.45, 7) is 1.50. The maximum Gasteiger partial charge on any atom is 0.360 e. The van der Waals surface area contributed by atoms with Crippen molar-refractivity contribution in [3.8, 4) is 0 Å². The van der Waals surface area contributed by atoms with Gasteiger partial charge in [-0.2, -0.15) is 0 Å². The van der Waals surface area contributed by atoms with E-state index in [1.807, 2.05) is 10.8 Å². The molecule has 0 radical (unpaired) electrons. The number of carbonyl (C=O) groups excluding carboxylic acids is 1. The Labute approximate surface area is 110 Å². The average molecular weight is 265 g/mol. The van der Waals surface area contributed by atoms with E-state index in [1.54, 1.807) is 24.3 Å². The Morgan fingerprint density at radius 1 is 1.37 bits per heavy atom. The number of esters is 1. The molecular weight excluding hydrogens is 250 g/mol. The zero-order chi connectivity index (χ0) is 13.7. The molecule has 8 heteroatoms. The lowest BCUT2D eigenvalue weighted by Crippen LogP contribution is -2.13. The molecule has 0 aliphatic carbocycles. The molecule has 0 spiro atoms. The van der Waals surface area contributed by atoms with Gasteiger partial charge in [-0.25, -0.2) is 14.5 Å². The number of ether oxygens (including phenoxy) is 2. The van der Waals surface area contributed by atoms with Gasteiger partial charge in [0, 0.05) is 26.0 Å². The van der Waals surface area contributed by atoms with Gasteiger partial charge < -0.3 is 14.0 Å². The van der Waals surface area contributed by atoms with Crippen LogP contribution in [0.3, 0.4) is 0 Å². The first-order valence-electron chi connectivity index (χ1n) is 5.71. The number of hydrogen-bond donors (Lipinski definition) is 0. The molecule has 0 saturated heterocycles. The second kappa shape index (κ2) is 6.10. The fraction of sp³-hybridized carbons (Fsp3) is 0.455. The van der Waals surface area contributed by atoms with Crippen LogP contribution >= 0.6 is 0 Å². The van der Waals surface area contributed by atoms with E-state index in [0.29, 0.717) is 18.8 Å². The molecule has 0 fully saturated rings. The number of nitrogens with zero attached hydrogens (tertiary/aromatic N) is 5. The van der Waals surface area contributed by atoms with Gasteiger partial charge in [0.25, 0.3) is 0 Å². The zero-order valence-corrected chi connectivity index (χ0v) is 10.8. The molecule has 0 N–H and O–H groups in total. The Morgan fingerprint density at radius 2 is 2.21 bits per heavy atom. The van der Waals surface area contributed by atoms with Crippen molar-refractivity contribution in [3.05, 3.63) is 30.1 Å². The van der Waals surface area contributed by atoms with Crippen LogP contribution in [0.5, 0.6) is 0 Å². The molecule has 0 aromatic carbocycles. The number of rotatable bonds is 6. The first-order chi connectivity index (χ1) is 9.26. The lowest BCUT2D eigenvalue weighted by molar-refractivity contribution is 0.0588. The number of methoxy groups -OCH3 is 2. The molecule has 19 heavy (non-hydrogen) atoms. The van der Waals surface area contributed by atoms with E-state index in [2.05, 4.69) is 20.0 Å². The van der Waals surface area contributed by atoms with E-state index in [0.717, 1.165) is 0 Å². The second-order valence-electron chi connectivity index (χ2n) is 3.83. The van der Waals surface area contributed by atoms with Crippen molar-refractivity contribution in [2.45, 2.75) is 19.7 Å². The van der Waals surface area contributed by atoms with Crippen molar-refractivity contribution in [1.82, 2.24) is 24.5 Å². The highest BCUT2D eigenvalue weighted by molar-refractivity contribution is 5.88. The van der Waals surface area contributed by atoms with Crippen LogP contribution in [0, 0.1) is 0 Å². The number of hydrogen-bond acceptors (Lipinski definition) is 6. The molecule has 0 aliphatic heterocycles. The third-order valence-electron chi connectivity index (χ3n) is 2.63. The topological polar surface area (TPSA) is 84.1 Å². The highest BCUT2D eigenvalue weighted by atomic mass is 16.5. The molecule has 0 bridgehead atoms. The maximum absolute atomic E-state index is 11.5. The Balaban J connectivity index is 2.15. The van der Waals surface area contributed by atoms with Crippen LogP contribution in [0.2, 0.25) is 0 Å². The van der Waals surface area contributed by atoms with Crippen LogP contribution in [0.15, 0.2) is 18.7 Å². The predicted molar refractivity (Wildman–Crippen MR) is 64.3 cm³/mol. The van der Waals surface area contributed by atoms with E-state index in [4.69, 9.17) is 4.74 Å². The van der Waals surface area contributed by atoms with Gasteiger partial charge in [-0.3, -0.25) is 0 Å². The molecule has 2 aromatic heterocycles. The second-order valence-corrected chi connectivity index (χ2v) is 3.83. The summed E-state index contributed by atoms with van der Waals surface area (Å²) in [5.74, 6) is -0.513. The summed E-state index contributed by atoms with van der Waals surface area (Å²) >= 11 is 0. The van der Waals surface area contributed by atoms with Crippen molar-refractivity contribution < 1.29 is 14.3 Å². The summed E-state index contributed by atoms with van der Waals surface area (Å²) in [6.07, 6.45) is 5.28. The average Bonchev–Trinajstić information content (AvgIpc) is 3.05. The minimum atomic E-state index is -0.513. The smallest absolute Gasteiger partial charge is 0.360 e. The lowest BCUT2D eigenvalue weighted by atomic mass is 10.3. The summed E-state index contributed by atoms with van der Waals surface area (Å²) in [6, 6.07) is 0. The van der Waals surface area contributed by atoms with Gasteiger partial charge >= 0.3 is 5.97 Å². The van der Waals surface area contributed by atoms with Gasteiger partial charge in [0.15, 0.2) is 5.69 Å². The van der Waals surface area contributed by atoms with Crippen LogP contribution in [-0.4, -0.2) is 44.7 Å².